The van der Waals surface area contributed by atoms with Crippen LogP contribution in [0.1, 0.15) is 12.0 Å². The molecule has 1 atom stereocenters. The molecular weight excluding hydrogens is 274 g/mol. The van der Waals surface area contributed by atoms with Crippen molar-refractivity contribution in [1.29, 1.82) is 0 Å². The summed E-state index contributed by atoms with van der Waals surface area (Å²) < 4.78 is 5.06. The van der Waals surface area contributed by atoms with Gasteiger partial charge in [0.15, 0.2) is 0 Å². The first-order valence-electron chi connectivity index (χ1n) is 5.30. The first-order valence-corrected chi connectivity index (χ1v) is 6.45. The van der Waals surface area contributed by atoms with Crippen molar-refractivity contribution in [1.82, 2.24) is 0 Å². The van der Waals surface area contributed by atoms with Crippen molar-refractivity contribution >= 4 is 30.1 Å². The predicted octanol–water partition coefficient (Wildman–Crippen LogP) is 2.15. The molecule has 0 spiro atoms. The van der Waals surface area contributed by atoms with E-state index >= 15 is 0 Å². The number of ether oxygens (including phenoxy) is 1. The van der Waals surface area contributed by atoms with Crippen molar-refractivity contribution in [2.24, 2.45) is 5.73 Å². The molecule has 0 fully saturated rings. The van der Waals surface area contributed by atoms with E-state index in [0.717, 1.165) is 11.5 Å². The van der Waals surface area contributed by atoms with Crippen molar-refractivity contribution in [3.05, 3.63) is 29.8 Å². The number of nitrogens with two attached hydrogens (primary N) is 1. The number of thioether (sulfide) groups is 1. The van der Waals surface area contributed by atoms with Gasteiger partial charge in [-0.25, -0.2) is 0 Å². The van der Waals surface area contributed by atoms with Crippen molar-refractivity contribution in [2.75, 3.05) is 12.9 Å². The van der Waals surface area contributed by atoms with Crippen LogP contribution in [0.15, 0.2) is 24.3 Å². The minimum absolute atomic E-state index is 0. The van der Waals surface area contributed by atoms with Gasteiger partial charge in [-0.1, -0.05) is 12.1 Å². The summed E-state index contributed by atoms with van der Waals surface area (Å²) in [5.74, 6) is 1.47. The predicted molar refractivity (Wildman–Crippen MR) is 76.6 cm³/mol. The fourth-order valence-corrected chi connectivity index (χ4v) is 2.30. The Bertz CT molecular complexity index is 359. The van der Waals surface area contributed by atoms with Gasteiger partial charge in [0.25, 0.3) is 0 Å². The SMILES string of the molecule is COc1ccc(CSC[C@H](N)CC(=O)O)cc1.Cl. The minimum Gasteiger partial charge on any atom is -0.497 e. The number of benzene rings is 1. The highest BCUT2D eigenvalue weighted by Crippen LogP contribution is 2.17. The molecule has 0 amide bonds. The van der Waals surface area contributed by atoms with Crippen molar-refractivity contribution in [2.45, 2.75) is 18.2 Å². The lowest BCUT2D eigenvalue weighted by molar-refractivity contribution is -0.137. The summed E-state index contributed by atoms with van der Waals surface area (Å²) in [6.07, 6.45) is 0.0234. The second kappa shape index (κ2) is 9.08. The van der Waals surface area contributed by atoms with Crippen molar-refractivity contribution < 1.29 is 14.6 Å². The highest BCUT2D eigenvalue weighted by atomic mass is 35.5. The van der Waals surface area contributed by atoms with Gasteiger partial charge in [-0.15, -0.1) is 12.4 Å². The number of hydrogen-bond acceptors (Lipinski definition) is 4. The molecule has 0 aliphatic heterocycles. The standard InChI is InChI=1S/C12H17NO3S.ClH/c1-16-11-4-2-9(3-5-11)7-17-8-10(13)6-12(14)15;/h2-5,10H,6-8,13H2,1H3,(H,14,15);1H/t10-;/m1./s1. The molecule has 0 saturated heterocycles. The van der Waals surface area contributed by atoms with Gasteiger partial charge in [-0.05, 0) is 17.7 Å². The Morgan fingerprint density at radius 2 is 2.06 bits per heavy atom. The van der Waals surface area contributed by atoms with E-state index in [1.165, 1.54) is 5.56 Å². The zero-order valence-corrected chi connectivity index (χ0v) is 11.8. The number of halogens is 1. The Kier molecular flexibility index (Phi) is 8.62. The highest BCUT2D eigenvalue weighted by Gasteiger charge is 2.07. The summed E-state index contributed by atoms with van der Waals surface area (Å²) in [7, 11) is 1.63. The zero-order chi connectivity index (χ0) is 12.7. The number of hydrogen-bond donors (Lipinski definition) is 2. The quantitative estimate of drug-likeness (QED) is 0.805. The van der Waals surface area contributed by atoms with Crippen LogP contribution < -0.4 is 10.5 Å². The van der Waals surface area contributed by atoms with Crippen LogP contribution in [-0.2, 0) is 10.5 Å². The smallest absolute Gasteiger partial charge is 0.304 e. The lowest BCUT2D eigenvalue weighted by Gasteiger charge is -2.08. The molecule has 0 aromatic heterocycles. The van der Waals surface area contributed by atoms with Crippen LogP contribution in [0.3, 0.4) is 0 Å². The van der Waals surface area contributed by atoms with Gasteiger partial charge in [-0.2, -0.15) is 11.8 Å². The van der Waals surface area contributed by atoms with Gasteiger partial charge in [0.2, 0.25) is 0 Å². The Balaban J connectivity index is 0.00000289. The molecule has 0 saturated carbocycles. The monoisotopic (exact) mass is 291 g/mol. The molecule has 4 nitrogen and oxygen atoms in total. The lowest BCUT2D eigenvalue weighted by atomic mass is 10.2. The zero-order valence-electron chi connectivity index (χ0n) is 10.2. The average molecular weight is 292 g/mol. The molecule has 1 aromatic rings. The van der Waals surface area contributed by atoms with E-state index < -0.39 is 5.97 Å². The molecule has 0 unspecified atom stereocenters. The summed E-state index contributed by atoms with van der Waals surface area (Å²) >= 11 is 1.64. The fraction of sp³-hybridized carbons (Fsp3) is 0.417. The first-order chi connectivity index (χ1) is 8.11. The lowest BCUT2D eigenvalue weighted by Crippen LogP contribution is -2.26. The largest absolute Gasteiger partial charge is 0.497 e. The second-order valence-corrected chi connectivity index (χ2v) is 4.75. The van der Waals surface area contributed by atoms with Crippen molar-refractivity contribution in [3.63, 3.8) is 0 Å². The van der Waals surface area contributed by atoms with E-state index in [4.69, 9.17) is 15.6 Å². The van der Waals surface area contributed by atoms with Gasteiger partial charge in [0.05, 0.1) is 13.5 Å². The molecule has 0 heterocycles. The summed E-state index contributed by atoms with van der Waals surface area (Å²) in [6.45, 7) is 0. The molecular formula is C12H18ClNO3S. The molecule has 0 aliphatic rings. The van der Waals surface area contributed by atoms with Crippen LogP contribution in [0.25, 0.3) is 0 Å². The third kappa shape index (κ3) is 6.74. The van der Waals surface area contributed by atoms with Crippen LogP contribution in [0, 0.1) is 0 Å². The van der Waals surface area contributed by atoms with E-state index in [1.54, 1.807) is 18.9 Å². The molecule has 0 bridgehead atoms. The van der Waals surface area contributed by atoms with E-state index in [-0.39, 0.29) is 24.9 Å². The summed E-state index contributed by atoms with van der Waals surface area (Å²) in [4.78, 5) is 10.4. The number of carbonyl (C=O) groups is 1. The maximum Gasteiger partial charge on any atom is 0.304 e. The topological polar surface area (TPSA) is 72.5 Å². The van der Waals surface area contributed by atoms with Gasteiger partial charge < -0.3 is 15.6 Å². The second-order valence-electron chi connectivity index (χ2n) is 3.72. The van der Waals surface area contributed by atoms with Gasteiger partial charge in [0, 0.05) is 17.5 Å². The minimum atomic E-state index is -0.845. The molecule has 6 heteroatoms. The Hall–Kier alpha value is -0.910. The molecule has 3 N–H and O–H groups in total. The third-order valence-corrected chi connectivity index (χ3v) is 3.40. The number of rotatable bonds is 7. The van der Waals surface area contributed by atoms with Gasteiger partial charge in [0.1, 0.15) is 5.75 Å². The molecule has 18 heavy (non-hydrogen) atoms. The fourth-order valence-electron chi connectivity index (χ4n) is 1.33. The van der Waals surface area contributed by atoms with Crippen LogP contribution in [0.5, 0.6) is 5.75 Å². The van der Waals surface area contributed by atoms with Gasteiger partial charge in [-0.3, -0.25) is 4.79 Å². The van der Waals surface area contributed by atoms with Crippen LogP contribution in [-0.4, -0.2) is 30.0 Å². The van der Waals surface area contributed by atoms with E-state index in [2.05, 4.69) is 0 Å². The maximum atomic E-state index is 10.4. The van der Waals surface area contributed by atoms with Gasteiger partial charge >= 0.3 is 5.97 Å². The van der Waals surface area contributed by atoms with Crippen LogP contribution >= 0.6 is 24.2 Å². The molecule has 0 aliphatic carbocycles. The van der Waals surface area contributed by atoms with Crippen LogP contribution in [0.4, 0.5) is 0 Å². The van der Waals surface area contributed by atoms with Crippen LogP contribution in [0.2, 0.25) is 0 Å². The molecule has 102 valence electrons. The highest BCUT2D eigenvalue weighted by molar-refractivity contribution is 7.98. The molecule has 0 radical (unpaired) electrons. The summed E-state index contributed by atoms with van der Waals surface area (Å²) in [6, 6.07) is 7.53. The van der Waals surface area contributed by atoms with E-state index in [0.29, 0.717) is 5.75 Å². The van der Waals surface area contributed by atoms with Crippen molar-refractivity contribution in [3.8, 4) is 5.75 Å². The Labute approximate surface area is 117 Å². The van der Waals surface area contributed by atoms with E-state index in [9.17, 15) is 4.79 Å². The Morgan fingerprint density at radius 1 is 1.44 bits per heavy atom. The third-order valence-electron chi connectivity index (χ3n) is 2.20. The summed E-state index contributed by atoms with van der Waals surface area (Å²) in [5.41, 5.74) is 6.84. The number of carboxylic acids is 1. The maximum absolute atomic E-state index is 10.4. The molecule has 1 aromatic carbocycles. The first kappa shape index (κ1) is 17.1. The molecule has 1 rings (SSSR count). The number of methoxy groups -OCH3 is 1. The Morgan fingerprint density at radius 3 is 2.56 bits per heavy atom. The number of aliphatic carboxylic acids is 1. The number of carboxylic acid groups (broad SMARTS) is 1. The average Bonchev–Trinajstić information content (AvgIpc) is 2.29. The summed E-state index contributed by atoms with van der Waals surface area (Å²) in [5, 5.41) is 8.55. The normalized spacial score (nSPS) is 11.4. The van der Waals surface area contributed by atoms with E-state index in [1.807, 2.05) is 24.3 Å².